The first-order valence-corrected chi connectivity index (χ1v) is 8.02. The molecule has 1 unspecified atom stereocenters. The largest absolute Gasteiger partial charge is 0.368 e. The van der Waals surface area contributed by atoms with Crippen LogP contribution in [0.15, 0.2) is 18.2 Å². The summed E-state index contributed by atoms with van der Waals surface area (Å²) in [6.07, 6.45) is 2.12. The lowest BCUT2D eigenvalue weighted by Gasteiger charge is -2.34. The van der Waals surface area contributed by atoms with Gasteiger partial charge in [0.2, 0.25) is 0 Å². The van der Waals surface area contributed by atoms with Gasteiger partial charge in [0.25, 0.3) is 0 Å². The number of benzene rings is 1. The van der Waals surface area contributed by atoms with Crippen LogP contribution in [0.4, 0.5) is 5.69 Å². The van der Waals surface area contributed by atoms with Gasteiger partial charge >= 0.3 is 0 Å². The predicted molar refractivity (Wildman–Crippen MR) is 83.0 cm³/mol. The molecule has 1 aliphatic rings. The molecule has 0 aliphatic carbocycles. The van der Waals surface area contributed by atoms with Gasteiger partial charge in [-0.3, -0.25) is 0 Å². The van der Waals surface area contributed by atoms with E-state index in [2.05, 4.69) is 41.8 Å². The van der Waals surface area contributed by atoms with Crippen molar-refractivity contribution in [1.29, 1.82) is 0 Å². The Kier molecular flexibility index (Phi) is 5.22. The first-order valence-electron chi connectivity index (χ1n) is 6.59. The fourth-order valence-electron chi connectivity index (χ4n) is 2.31. The third-order valence-corrected chi connectivity index (χ3v) is 5.05. The Balaban J connectivity index is 2.12. The van der Waals surface area contributed by atoms with Crippen LogP contribution in [0.5, 0.6) is 0 Å². The van der Waals surface area contributed by atoms with E-state index in [0.29, 0.717) is 6.54 Å². The average molecular weight is 285 g/mol. The van der Waals surface area contributed by atoms with Crippen molar-refractivity contribution < 1.29 is 0 Å². The lowest BCUT2D eigenvalue weighted by molar-refractivity contribution is 0.728. The Labute approximate surface area is 119 Å². The Bertz CT molecular complexity index is 397. The molecule has 2 N–H and O–H groups in total. The maximum absolute atomic E-state index is 6.40. The highest BCUT2D eigenvalue weighted by atomic mass is 35.5. The second-order valence-electron chi connectivity index (χ2n) is 4.67. The first kappa shape index (κ1) is 14.0. The summed E-state index contributed by atoms with van der Waals surface area (Å²) < 4.78 is 0. The average Bonchev–Trinajstić information content (AvgIpc) is 2.39. The highest BCUT2D eigenvalue weighted by Gasteiger charge is 2.20. The zero-order chi connectivity index (χ0) is 13.0. The van der Waals surface area contributed by atoms with Gasteiger partial charge in [-0.25, -0.2) is 0 Å². The van der Waals surface area contributed by atoms with Crippen molar-refractivity contribution >= 4 is 29.1 Å². The minimum absolute atomic E-state index is 0.675. The van der Waals surface area contributed by atoms with Gasteiger partial charge in [0.15, 0.2) is 0 Å². The van der Waals surface area contributed by atoms with Gasteiger partial charge in [-0.15, -0.1) is 0 Å². The van der Waals surface area contributed by atoms with Crippen LogP contribution in [0.25, 0.3) is 0 Å². The molecule has 2 rings (SSSR count). The molecule has 2 nitrogen and oxygen atoms in total. The van der Waals surface area contributed by atoms with Crippen molar-refractivity contribution in [3.8, 4) is 0 Å². The molecular formula is C14H21ClN2S. The van der Waals surface area contributed by atoms with E-state index in [1.807, 2.05) is 0 Å². The summed E-state index contributed by atoms with van der Waals surface area (Å²) in [6, 6.07) is 6.36. The topological polar surface area (TPSA) is 29.3 Å². The molecule has 0 bridgehead atoms. The third kappa shape index (κ3) is 3.34. The lowest BCUT2D eigenvalue weighted by Crippen LogP contribution is -2.37. The van der Waals surface area contributed by atoms with Crippen LogP contribution in [-0.4, -0.2) is 30.6 Å². The molecule has 0 radical (unpaired) electrons. The SMILES string of the molecule is CCC1CN(c2ccc(CCN)cc2Cl)CCS1. The number of hydrogen-bond donors (Lipinski definition) is 1. The molecule has 18 heavy (non-hydrogen) atoms. The number of nitrogens with zero attached hydrogens (tertiary/aromatic N) is 1. The monoisotopic (exact) mass is 284 g/mol. The summed E-state index contributed by atoms with van der Waals surface area (Å²) in [5.41, 5.74) is 7.98. The standard InChI is InChI=1S/C14H21ClN2S/c1-2-12-10-17(7-8-18-12)14-4-3-11(5-6-16)9-13(14)15/h3-4,9,12H,2,5-8,10,16H2,1H3. The molecule has 1 saturated heterocycles. The summed E-state index contributed by atoms with van der Waals surface area (Å²) in [5, 5.41) is 1.60. The van der Waals surface area contributed by atoms with E-state index in [0.717, 1.165) is 29.8 Å². The maximum Gasteiger partial charge on any atom is 0.0642 e. The molecule has 1 heterocycles. The van der Waals surface area contributed by atoms with Crippen molar-refractivity contribution in [3.63, 3.8) is 0 Å². The van der Waals surface area contributed by atoms with Gasteiger partial charge < -0.3 is 10.6 Å². The van der Waals surface area contributed by atoms with Gasteiger partial charge in [-0.05, 0) is 37.1 Å². The normalized spacial score (nSPS) is 20.2. The van der Waals surface area contributed by atoms with Crippen LogP contribution in [0.1, 0.15) is 18.9 Å². The second-order valence-corrected chi connectivity index (χ2v) is 6.49. The molecule has 1 aliphatic heterocycles. The number of nitrogens with two attached hydrogens (primary N) is 1. The summed E-state index contributed by atoms with van der Waals surface area (Å²) in [4.78, 5) is 2.42. The van der Waals surface area contributed by atoms with Crippen molar-refractivity contribution in [2.75, 3.05) is 30.3 Å². The molecule has 0 aromatic heterocycles. The highest BCUT2D eigenvalue weighted by molar-refractivity contribution is 8.00. The molecule has 100 valence electrons. The lowest BCUT2D eigenvalue weighted by atomic mass is 10.1. The number of hydrogen-bond acceptors (Lipinski definition) is 3. The number of anilines is 1. The zero-order valence-electron chi connectivity index (χ0n) is 10.9. The van der Waals surface area contributed by atoms with E-state index < -0.39 is 0 Å². The van der Waals surface area contributed by atoms with E-state index >= 15 is 0 Å². The second kappa shape index (κ2) is 6.69. The fraction of sp³-hybridized carbons (Fsp3) is 0.571. The van der Waals surface area contributed by atoms with E-state index in [4.69, 9.17) is 17.3 Å². The smallest absolute Gasteiger partial charge is 0.0642 e. The number of thioether (sulfide) groups is 1. The molecule has 1 aromatic carbocycles. The van der Waals surface area contributed by atoms with Crippen molar-refractivity contribution in [2.45, 2.75) is 25.0 Å². The van der Waals surface area contributed by atoms with Crippen LogP contribution >= 0.6 is 23.4 Å². The van der Waals surface area contributed by atoms with Crippen LogP contribution in [0.3, 0.4) is 0 Å². The fourth-order valence-corrected chi connectivity index (χ4v) is 3.82. The molecule has 1 aromatic rings. The van der Waals surface area contributed by atoms with Gasteiger partial charge in [0.05, 0.1) is 10.7 Å². The molecular weight excluding hydrogens is 264 g/mol. The molecule has 4 heteroatoms. The summed E-state index contributed by atoms with van der Waals surface area (Å²) in [6.45, 7) is 5.13. The Morgan fingerprint density at radius 2 is 2.33 bits per heavy atom. The van der Waals surface area contributed by atoms with Gasteiger partial charge in [0.1, 0.15) is 0 Å². The Hall–Kier alpha value is -0.380. The molecule has 0 amide bonds. The van der Waals surface area contributed by atoms with E-state index in [9.17, 15) is 0 Å². The van der Waals surface area contributed by atoms with Crippen molar-refractivity contribution in [1.82, 2.24) is 0 Å². The molecule has 0 saturated carbocycles. The number of rotatable bonds is 4. The quantitative estimate of drug-likeness (QED) is 0.921. The van der Waals surface area contributed by atoms with Gasteiger partial charge in [0, 0.05) is 24.1 Å². The van der Waals surface area contributed by atoms with Crippen LogP contribution in [0.2, 0.25) is 5.02 Å². The van der Waals surface area contributed by atoms with Crippen molar-refractivity contribution in [2.24, 2.45) is 5.73 Å². The summed E-state index contributed by atoms with van der Waals surface area (Å²) >= 11 is 8.48. The van der Waals surface area contributed by atoms with Crippen molar-refractivity contribution in [3.05, 3.63) is 28.8 Å². The Morgan fingerprint density at radius 3 is 3.00 bits per heavy atom. The zero-order valence-corrected chi connectivity index (χ0v) is 12.4. The van der Waals surface area contributed by atoms with Crippen LogP contribution < -0.4 is 10.6 Å². The van der Waals surface area contributed by atoms with Crippen LogP contribution in [-0.2, 0) is 6.42 Å². The number of halogens is 1. The molecule has 1 atom stereocenters. The minimum atomic E-state index is 0.675. The summed E-state index contributed by atoms with van der Waals surface area (Å²) in [7, 11) is 0. The van der Waals surface area contributed by atoms with Gasteiger partial charge in [-0.1, -0.05) is 24.6 Å². The Morgan fingerprint density at radius 1 is 1.50 bits per heavy atom. The van der Waals surface area contributed by atoms with E-state index in [1.54, 1.807) is 0 Å². The van der Waals surface area contributed by atoms with E-state index in [-0.39, 0.29) is 0 Å². The van der Waals surface area contributed by atoms with Gasteiger partial charge in [-0.2, -0.15) is 11.8 Å². The molecule has 0 spiro atoms. The molecule has 1 fully saturated rings. The maximum atomic E-state index is 6.40. The predicted octanol–water partition coefficient (Wildman–Crippen LogP) is 3.17. The third-order valence-electron chi connectivity index (χ3n) is 3.38. The van der Waals surface area contributed by atoms with Crippen LogP contribution in [0, 0.1) is 0 Å². The summed E-state index contributed by atoms with van der Waals surface area (Å²) in [5.74, 6) is 1.19. The minimum Gasteiger partial charge on any atom is -0.368 e. The highest BCUT2D eigenvalue weighted by Crippen LogP contribution is 2.31. The van der Waals surface area contributed by atoms with E-state index in [1.165, 1.54) is 23.4 Å². The first-order chi connectivity index (χ1) is 8.74.